The quantitative estimate of drug-likeness (QED) is 0.256. The van der Waals surface area contributed by atoms with E-state index >= 15 is 0 Å². The van der Waals surface area contributed by atoms with Crippen LogP contribution >= 0.6 is 15.9 Å². The first-order valence-electron chi connectivity index (χ1n) is 11.0. The van der Waals surface area contributed by atoms with E-state index in [1.165, 1.54) is 30.3 Å². The smallest absolute Gasteiger partial charge is 0.338 e. The Hall–Kier alpha value is -4.24. The fourth-order valence-electron chi connectivity index (χ4n) is 3.48. The lowest BCUT2D eigenvalue weighted by Gasteiger charge is -2.26. The number of hydrogen-bond donors (Lipinski definition) is 1. The van der Waals surface area contributed by atoms with Crippen LogP contribution in [0.25, 0.3) is 6.08 Å². The molecule has 1 aliphatic heterocycles. The van der Waals surface area contributed by atoms with Crippen LogP contribution in [-0.2, 0) is 20.9 Å². The van der Waals surface area contributed by atoms with Crippen LogP contribution in [-0.4, -0.2) is 30.4 Å². The molecule has 36 heavy (non-hydrogen) atoms. The number of imide groups is 2. The van der Waals surface area contributed by atoms with Gasteiger partial charge in [-0.05, 0) is 61.0 Å². The van der Waals surface area contributed by atoms with E-state index in [2.05, 4.69) is 21.2 Å². The number of carbonyl (C=O) groups excluding carboxylic acids is 4. The summed E-state index contributed by atoms with van der Waals surface area (Å²) >= 11 is 3.39. The summed E-state index contributed by atoms with van der Waals surface area (Å²) in [5.74, 6) is -1.66. The molecule has 8 nitrogen and oxygen atoms in total. The SMILES string of the molecule is CCOC(=O)c1ccc(N2C(=O)NC(=O)/C(=C\c3ccccc3OCc3ccc(Br)cc3)C2=O)cc1. The van der Waals surface area contributed by atoms with Crippen molar-refractivity contribution >= 4 is 51.5 Å². The first kappa shape index (κ1) is 24.9. The van der Waals surface area contributed by atoms with Gasteiger partial charge in [-0.25, -0.2) is 14.5 Å². The molecule has 4 rings (SSSR count). The zero-order valence-corrected chi connectivity index (χ0v) is 20.8. The second-order valence-corrected chi connectivity index (χ2v) is 8.59. The number of ether oxygens (including phenoxy) is 2. The zero-order valence-electron chi connectivity index (χ0n) is 19.2. The Kier molecular flexibility index (Phi) is 7.60. The van der Waals surface area contributed by atoms with Gasteiger partial charge < -0.3 is 9.47 Å². The van der Waals surface area contributed by atoms with Crippen molar-refractivity contribution in [3.05, 3.63) is 99.5 Å². The molecule has 0 bridgehead atoms. The fraction of sp³-hybridized carbons (Fsp3) is 0.111. The topological polar surface area (TPSA) is 102 Å². The van der Waals surface area contributed by atoms with Gasteiger partial charge in [0.25, 0.3) is 11.8 Å². The molecule has 1 saturated heterocycles. The van der Waals surface area contributed by atoms with Crippen molar-refractivity contribution in [2.24, 2.45) is 0 Å². The van der Waals surface area contributed by atoms with Gasteiger partial charge in [0, 0.05) is 10.0 Å². The van der Waals surface area contributed by atoms with Gasteiger partial charge in [0.05, 0.1) is 17.9 Å². The lowest BCUT2D eigenvalue weighted by Crippen LogP contribution is -2.54. The summed E-state index contributed by atoms with van der Waals surface area (Å²) in [7, 11) is 0. The minimum atomic E-state index is -0.884. The van der Waals surface area contributed by atoms with Crippen molar-refractivity contribution in [2.75, 3.05) is 11.5 Å². The van der Waals surface area contributed by atoms with E-state index in [1.54, 1.807) is 31.2 Å². The highest BCUT2D eigenvalue weighted by Gasteiger charge is 2.37. The van der Waals surface area contributed by atoms with Crippen LogP contribution in [0.2, 0.25) is 0 Å². The Morgan fingerprint density at radius 2 is 1.67 bits per heavy atom. The van der Waals surface area contributed by atoms with Crippen LogP contribution in [0.3, 0.4) is 0 Å². The van der Waals surface area contributed by atoms with Crippen LogP contribution in [0, 0.1) is 0 Å². The van der Waals surface area contributed by atoms with E-state index in [0.29, 0.717) is 11.3 Å². The highest BCUT2D eigenvalue weighted by Crippen LogP contribution is 2.26. The van der Waals surface area contributed by atoms with Gasteiger partial charge in [-0.15, -0.1) is 0 Å². The van der Waals surface area contributed by atoms with Crippen LogP contribution in [0.15, 0.2) is 82.8 Å². The summed E-state index contributed by atoms with van der Waals surface area (Å²) in [6.07, 6.45) is 1.39. The van der Waals surface area contributed by atoms with Gasteiger partial charge in [0.15, 0.2) is 0 Å². The predicted octanol–water partition coefficient (Wildman–Crippen LogP) is 4.87. The Balaban J connectivity index is 1.59. The Morgan fingerprint density at radius 3 is 2.36 bits per heavy atom. The average Bonchev–Trinajstić information content (AvgIpc) is 2.87. The molecule has 1 fully saturated rings. The van der Waals surface area contributed by atoms with E-state index in [-0.39, 0.29) is 30.0 Å². The minimum absolute atomic E-state index is 0.198. The van der Waals surface area contributed by atoms with Crippen molar-refractivity contribution in [3.8, 4) is 5.75 Å². The summed E-state index contributed by atoms with van der Waals surface area (Å²) < 4.78 is 11.8. The summed E-state index contributed by atoms with van der Waals surface area (Å²) in [5.41, 5.74) is 1.68. The Labute approximate surface area is 215 Å². The third-order valence-corrected chi connectivity index (χ3v) is 5.79. The number of carbonyl (C=O) groups is 4. The number of amides is 4. The van der Waals surface area contributed by atoms with E-state index in [4.69, 9.17) is 9.47 Å². The van der Waals surface area contributed by atoms with Crippen molar-refractivity contribution in [2.45, 2.75) is 13.5 Å². The second-order valence-electron chi connectivity index (χ2n) is 7.68. The number of barbiturate groups is 1. The molecule has 0 spiro atoms. The molecule has 1 aliphatic rings. The molecular weight excluding hydrogens is 528 g/mol. The molecule has 1 N–H and O–H groups in total. The molecule has 3 aromatic rings. The van der Waals surface area contributed by atoms with Gasteiger partial charge in [-0.2, -0.15) is 0 Å². The number of nitrogens with one attached hydrogen (secondary N) is 1. The standard InChI is InChI=1S/C27H21BrN2O6/c1-2-35-26(33)18-9-13-21(14-10-18)30-25(32)22(24(31)29-27(30)34)15-19-5-3-4-6-23(19)36-16-17-7-11-20(28)12-8-17/h3-15H,2,16H2,1H3,(H,29,31,34)/b22-15+. The molecule has 9 heteroatoms. The van der Waals surface area contributed by atoms with Gasteiger partial charge >= 0.3 is 12.0 Å². The van der Waals surface area contributed by atoms with Gasteiger partial charge in [-0.3, -0.25) is 14.9 Å². The van der Waals surface area contributed by atoms with Crippen LogP contribution in [0.4, 0.5) is 10.5 Å². The Bertz CT molecular complexity index is 1350. The molecule has 0 saturated carbocycles. The molecule has 1 heterocycles. The first-order valence-corrected chi connectivity index (χ1v) is 11.8. The molecular formula is C27H21BrN2O6. The number of para-hydroxylation sites is 1. The molecule has 182 valence electrons. The highest BCUT2D eigenvalue weighted by atomic mass is 79.9. The van der Waals surface area contributed by atoms with Crippen molar-refractivity contribution in [1.82, 2.24) is 5.32 Å². The van der Waals surface area contributed by atoms with E-state index < -0.39 is 23.8 Å². The molecule has 0 aliphatic carbocycles. The number of rotatable bonds is 7. The number of esters is 1. The number of benzene rings is 3. The van der Waals surface area contributed by atoms with E-state index in [1.807, 2.05) is 24.3 Å². The lowest BCUT2D eigenvalue weighted by atomic mass is 10.1. The number of halogens is 1. The van der Waals surface area contributed by atoms with E-state index in [9.17, 15) is 19.2 Å². The third-order valence-electron chi connectivity index (χ3n) is 5.26. The van der Waals surface area contributed by atoms with Gasteiger partial charge in [-0.1, -0.05) is 46.3 Å². The summed E-state index contributed by atoms with van der Waals surface area (Å²) in [5, 5.41) is 2.19. The highest BCUT2D eigenvalue weighted by molar-refractivity contribution is 9.10. The largest absolute Gasteiger partial charge is 0.488 e. The molecule has 0 atom stereocenters. The maximum absolute atomic E-state index is 13.2. The summed E-state index contributed by atoms with van der Waals surface area (Å²) in [6, 6.07) is 19.5. The van der Waals surface area contributed by atoms with Crippen molar-refractivity contribution in [3.63, 3.8) is 0 Å². The fourth-order valence-corrected chi connectivity index (χ4v) is 3.75. The number of anilines is 1. The molecule has 0 aromatic heterocycles. The van der Waals surface area contributed by atoms with E-state index in [0.717, 1.165) is 14.9 Å². The van der Waals surface area contributed by atoms with Crippen LogP contribution in [0.1, 0.15) is 28.4 Å². The number of nitrogens with zero attached hydrogens (tertiary/aromatic N) is 1. The van der Waals surface area contributed by atoms with Crippen LogP contribution in [0.5, 0.6) is 5.75 Å². The number of hydrogen-bond acceptors (Lipinski definition) is 6. The lowest BCUT2D eigenvalue weighted by molar-refractivity contribution is -0.122. The van der Waals surface area contributed by atoms with Crippen LogP contribution < -0.4 is 15.0 Å². The summed E-state index contributed by atoms with van der Waals surface area (Å²) in [6.45, 7) is 2.20. The second kappa shape index (κ2) is 11.0. The maximum Gasteiger partial charge on any atom is 0.338 e. The summed E-state index contributed by atoms with van der Waals surface area (Å²) in [4.78, 5) is 51.1. The van der Waals surface area contributed by atoms with Gasteiger partial charge in [0.2, 0.25) is 0 Å². The number of urea groups is 1. The molecule has 4 amide bonds. The minimum Gasteiger partial charge on any atom is -0.488 e. The van der Waals surface area contributed by atoms with Gasteiger partial charge in [0.1, 0.15) is 17.9 Å². The average molecular weight is 549 g/mol. The maximum atomic E-state index is 13.2. The molecule has 3 aromatic carbocycles. The third kappa shape index (κ3) is 5.52. The zero-order chi connectivity index (χ0) is 25.7. The predicted molar refractivity (Wildman–Crippen MR) is 136 cm³/mol. The first-order chi connectivity index (χ1) is 17.4. The van der Waals surface area contributed by atoms with Crippen molar-refractivity contribution in [1.29, 1.82) is 0 Å². The molecule has 0 radical (unpaired) electrons. The van der Waals surface area contributed by atoms with Crippen molar-refractivity contribution < 1.29 is 28.7 Å². The Morgan fingerprint density at radius 1 is 0.972 bits per heavy atom. The normalized spacial score (nSPS) is 14.6. The molecule has 0 unspecified atom stereocenters. The monoisotopic (exact) mass is 548 g/mol.